The quantitative estimate of drug-likeness (QED) is 0.599. The zero-order chi connectivity index (χ0) is 15.2. The molecule has 1 unspecified atom stereocenters. The van der Waals surface area contributed by atoms with Crippen molar-refractivity contribution in [2.75, 3.05) is 6.61 Å². The third-order valence-electron chi connectivity index (χ3n) is 2.95. The Labute approximate surface area is 136 Å². The Kier molecular flexibility index (Phi) is 5.99. The third kappa shape index (κ3) is 4.97. The Morgan fingerprint density at radius 1 is 1.29 bits per heavy atom. The number of rotatable bonds is 6. The van der Waals surface area contributed by atoms with Crippen molar-refractivity contribution in [3.63, 3.8) is 0 Å². The highest BCUT2D eigenvalue weighted by Gasteiger charge is 2.10. The van der Waals surface area contributed by atoms with E-state index in [1.165, 1.54) is 6.07 Å². The number of hydrazine groups is 1. The smallest absolute Gasteiger partial charge is 0.137 e. The van der Waals surface area contributed by atoms with E-state index in [1.54, 1.807) is 24.3 Å². The van der Waals surface area contributed by atoms with Crippen LogP contribution in [0, 0.1) is 5.82 Å². The van der Waals surface area contributed by atoms with Crippen LogP contribution < -0.4 is 16.0 Å². The van der Waals surface area contributed by atoms with Crippen molar-refractivity contribution in [1.82, 2.24) is 5.43 Å². The lowest BCUT2D eigenvalue weighted by atomic mass is 10.1. The SMILES string of the molecule is NNC(COc1cccc(Cl)c1)Cc1ccc(F)c(Br)c1. The fourth-order valence-corrected chi connectivity index (χ4v) is 2.48. The van der Waals surface area contributed by atoms with Crippen LogP contribution in [0.2, 0.25) is 5.02 Å². The summed E-state index contributed by atoms with van der Waals surface area (Å²) in [4.78, 5) is 0. The molecule has 2 aromatic rings. The van der Waals surface area contributed by atoms with Gasteiger partial charge in [0, 0.05) is 5.02 Å². The van der Waals surface area contributed by atoms with E-state index in [0.717, 1.165) is 5.56 Å². The first-order valence-corrected chi connectivity index (χ1v) is 7.54. The lowest BCUT2D eigenvalue weighted by Crippen LogP contribution is -2.41. The summed E-state index contributed by atoms with van der Waals surface area (Å²) in [5, 5.41) is 0.618. The molecule has 2 aromatic carbocycles. The summed E-state index contributed by atoms with van der Waals surface area (Å²) in [7, 11) is 0. The van der Waals surface area contributed by atoms with Gasteiger partial charge in [-0.15, -0.1) is 0 Å². The average molecular weight is 374 g/mol. The summed E-state index contributed by atoms with van der Waals surface area (Å²) >= 11 is 9.06. The Bertz CT molecular complexity index is 612. The molecule has 21 heavy (non-hydrogen) atoms. The van der Waals surface area contributed by atoms with Crippen molar-refractivity contribution in [2.24, 2.45) is 5.84 Å². The lowest BCUT2D eigenvalue weighted by Gasteiger charge is -2.17. The third-order valence-corrected chi connectivity index (χ3v) is 3.79. The summed E-state index contributed by atoms with van der Waals surface area (Å²) in [6.45, 7) is 0.381. The molecule has 3 nitrogen and oxygen atoms in total. The van der Waals surface area contributed by atoms with Crippen LogP contribution >= 0.6 is 27.5 Å². The van der Waals surface area contributed by atoms with Gasteiger partial charge in [0.25, 0.3) is 0 Å². The molecule has 0 radical (unpaired) electrons. The van der Waals surface area contributed by atoms with E-state index < -0.39 is 0 Å². The van der Waals surface area contributed by atoms with Gasteiger partial charge in [-0.2, -0.15) is 0 Å². The molecule has 112 valence electrons. The minimum absolute atomic E-state index is 0.0960. The second-order valence-corrected chi connectivity index (χ2v) is 5.88. The van der Waals surface area contributed by atoms with E-state index in [4.69, 9.17) is 22.2 Å². The fourth-order valence-electron chi connectivity index (χ4n) is 1.87. The van der Waals surface area contributed by atoms with Crippen molar-refractivity contribution < 1.29 is 9.13 Å². The van der Waals surface area contributed by atoms with Gasteiger partial charge in [-0.3, -0.25) is 11.3 Å². The number of hydrogen-bond donors (Lipinski definition) is 2. The van der Waals surface area contributed by atoms with Gasteiger partial charge in [0.15, 0.2) is 0 Å². The van der Waals surface area contributed by atoms with Gasteiger partial charge in [0.05, 0.1) is 10.5 Å². The van der Waals surface area contributed by atoms with Crippen molar-refractivity contribution in [2.45, 2.75) is 12.5 Å². The van der Waals surface area contributed by atoms with Gasteiger partial charge in [0.1, 0.15) is 18.2 Å². The van der Waals surface area contributed by atoms with Crippen molar-refractivity contribution in [1.29, 1.82) is 0 Å². The summed E-state index contributed by atoms with van der Waals surface area (Å²) < 4.78 is 19.3. The Hall–Kier alpha value is -1.14. The van der Waals surface area contributed by atoms with Gasteiger partial charge >= 0.3 is 0 Å². The first kappa shape index (κ1) is 16.2. The highest BCUT2D eigenvalue weighted by atomic mass is 79.9. The number of benzene rings is 2. The molecule has 0 amide bonds. The van der Waals surface area contributed by atoms with Gasteiger partial charge < -0.3 is 4.74 Å². The Morgan fingerprint density at radius 3 is 2.76 bits per heavy atom. The maximum Gasteiger partial charge on any atom is 0.137 e. The molecular weight excluding hydrogens is 359 g/mol. The second kappa shape index (κ2) is 7.75. The molecule has 0 heterocycles. The van der Waals surface area contributed by atoms with Gasteiger partial charge in [-0.25, -0.2) is 4.39 Å². The standard InChI is InChI=1S/C15H15BrClFN2O/c16-14-7-10(4-5-15(14)18)6-12(20-19)9-21-13-3-1-2-11(17)8-13/h1-5,7-8,12,20H,6,9,19H2. The number of ether oxygens (including phenoxy) is 1. The molecule has 0 spiro atoms. The molecular formula is C15H15BrClFN2O. The number of hydrogen-bond acceptors (Lipinski definition) is 3. The zero-order valence-electron chi connectivity index (χ0n) is 11.2. The monoisotopic (exact) mass is 372 g/mol. The van der Waals surface area contributed by atoms with Crippen LogP contribution in [-0.2, 0) is 6.42 Å². The number of halogens is 3. The van der Waals surface area contributed by atoms with E-state index in [-0.39, 0.29) is 11.9 Å². The summed E-state index contributed by atoms with van der Waals surface area (Å²) in [5.41, 5.74) is 3.66. The Morgan fingerprint density at radius 2 is 2.10 bits per heavy atom. The van der Waals surface area contributed by atoms with Crippen LogP contribution in [0.3, 0.4) is 0 Å². The van der Waals surface area contributed by atoms with E-state index in [2.05, 4.69) is 21.4 Å². The van der Waals surface area contributed by atoms with Crippen LogP contribution in [0.5, 0.6) is 5.75 Å². The first-order valence-electron chi connectivity index (χ1n) is 6.37. The summed E-state index contributed by atoms with van der Waals surface area (Å²) in [6, 6.07) is 12.0. The van der Waals surface area contributed by atoms with Crippen molar-refractivity contribution in [3.05, 3.63) is 63.3 Å². The Balaban J connectivity index is 1.95. The molecule has 1 atom stereocenters. The summed E-state index contributed by atoms with van der Waals surface area (Å²) in [6.07, 6.45) is 0.621. The van der Waals surface area contributed by atoms with E-state index in [0.29, 0.717) is 28.3 Å². The molecule has 0 aliphatic carbocycles. The highest BCUT2D eigenvalue weighted by molar-refractivity contribution is 9.10. The highest BCUT2D eigenvalue weighted by Crippen LogP contribution is 2.19. The van der Waals surface area contributed by atoms with Gasteiger partial charge in [-0.1, -0.05) is 23.7 Å². The molecule has 6 heteroatoms. The number of nitrogens with two attached hydrogens (primary N) is 1. The normalized spacial score (nSPS) is 12.2. The average Bonchev–Trinajstić information content (AvgIpc) is 2.47. The minimum Gasteiger partial charge on any atom is -0.492 e. The number of nitrogens with one attached hydrogen (secondary N) is 1. The van der Waals surface area contributed by atoms with Gasteiger partial charge in [-0.05, 0) is 58.2 Å². The van der Waals surface area contributed by atoms with Crippen molar-refractivity contribution >= 4 is 27.5 Å². The molecule has 2 rings (SSSR count). The zero-order valence-corrected chi connectivity index (χ0v) is 13.5. The van der Waals surface area contributed by atoms with Gasteiger partial charge in [0.2, 0.25) is 0 Å². The van der Waals surface area contributed by atoms with Crippen LogP contribution in [0.25, 0.3) is 0 Å². The molecule has 0 aromatic heterocycles. The molecule has 0 fully saturated rings. The maximum absolute atomic E-state index is 13.2. The van der Waals surface area contributed by atoms with E-state index in [1.807, 2.05) is 12.1 Å². The van der Waals surface area contributed by atoms with Crippen LogP contribution in [-0.4, -0.2) is 12.6 Å². The molecule has 0 saturated carbocycles. The van der Waals surface area contributed by atoms with E-state index in [9.17, 15) is 4.39 Å². The van der Waals surface area contributed by atoms with Crippen LogP contribution in [0.4, 0.5) is 4.39 Å². The summed E-state index contributed by atoms with van der Waals surface area (Å²) in [5.74, 6) is 5.94. The first-order chi connectivity index (χ1) is 10.1. The topological polar surface area (TPSA) is 47.3 Å². The van der Waals surface area contributed by atoms with Crippen LogP contribution in [0.1, 0.15) is 5.56 Å². The second-order valence-electron chi connectivity index (χ2n) is 4.58. The molecule has 0 aliphatic heterocycles. The maximum atomic E-state index is 13.2. The molecule has 0 saturated heterocycles. The lowest BCUT2D eigenvalue weighted by molar-refractivity contribution is 0.264. The molecule has 0 aliphatic rings. The van der Waals surface area contributed by atoms with E-state index >= 15 is 0 Å². The largest absolute Gasteiger partial charge is 0.492 e. The molecule has 3 N–H and O–H groups in total. The fraction of sp³-hybridized carbons (Fsp3) is 0.200. The molecule has 0 bridgehead atoms. The van der Waals surface area contributed by atoms with Crippen molar-refractivity contribution in [3.8, 4) is 5.75 Å². The predicted molar refractivity (Wildman–Crippen MR) is 85.9 cm³/mol. The van der Waals surface area contributed by atoms with Crippen LogP contribution in [0.15, 0.2) is 46.9 Å². The predicted octanol–water partition coefficient (Wildman–Crippen LogP) is 3.70. The minimum atomic E-state index is -0.286.